The summed E-state index contributed by atoms with van der Waals surface area (Å²) in [6.07, 6.45) is 0. The maximum atomic E-state index is 13.0. The molecule has 2 N–H and O–H groups in total. The number of sulfonamides is 1. The first-order chi connectivity index (χ1) is 19.2. The molecule has 13 heteroatoms. The lowest BCUT2D eigenvalue weighted by Gasteiger charge is -2.34. The maximum absolute atomic E-state index is 13.0. The SMILES string of the molecule is COc1ccc(C)c2sc(N3CCN(CCNC(=O)c4ccccc4NS(=O)(=O)c4ccc(Cl)cc4)CC3)nc12.Cl. The highest BCUT2D eigenvalue weighted by molar-refractivity contribution is 7.92. The maximum Gasteiger partial charge on any atom is 0.261 e. The molecule has 1 amide bonds. The third kappa shape index (κ3) is 7.04. The number of hydrogen-bond acceptors (Lipinski definition) is 8. The first-order valence-corrected chi connectivity index (χ1v) is 15.5. The second kappa shape index (κ2) is 13.3. The zero-order valence-electron chi connectivity index (χ0n) is 22.6. The van der Waals surface area contributed by atoms with Gasteiger partial charge in [0.25, 0.3) is 15.9 Å². The molecule has 0 radical (unpaired) electrons. The van der Waals surface area contributed by atoms with Crippen molar-refractivity contribution < 1.29 is 17.9 Å². The van der Waals surface area contributed by atoms with Crippen LogP contribution in [0.3, 0.4) is 0 Å². The van der Waals surface area contributed by atoms with Crippen molar-refractivity contribution >= 4 is 72.3 Å². The molecule has 2 heterocycles. The second-order valence-corrected chi connectivity index (χ2v) is 12.5. The summed E-state index contributed by atoms with van der Waals surface area (Å²) in [4.78, 5) is 22.5. The van der Waals surface area contributed by atoms with Crippen LogP contribution in [0.1, 0.15) is 15.9 Å². The number of aromatic nitrogens is 1. The number of piperazine rings is 1. The zero-order chi connectivity index (χ0) is 28.3. The van der Waals surface area contributed by atoms with Crippen molar-refractivity contribution in [1.82, 2.24) is 15.2 Å². The average molecular weight is 637 g/mol. The molecule has 1 saturated heterocycles. The van der Waals surface area contributed by atoms with E-state index in [1.807, 2.05) is 6.07 Å². The Morgan fingerprint density at radius 2 is 1.76 bits per heavy atom. The van der Waals surface area contributed by atoms with Gasteiger partial charge in [0, 0.05) is 44.3 Å². The van der Waals surface area contributed by atoms with Crippen LogP contribution in [-0.4, -0.2) is 70.6 Å². The monoisotopic (exact) mass is 635 g/mol. The number of carbonyl (C=O) groups is 1. The van der Waals surface area contributed by atoms with Gasteiger partial charge in [0.2, 0.25) is 0 Å². The molecule has 0 bridgehead atoms. The number of benzene rings is 3. The number of nitrogens with one attached hydrogen (secondary N) is 2. The lowest BCUT2D eigenvalue weighted by Crippen LogP contribution is -2.48. The van der Waals surface area contributed by atoms with Crippen LogP contribution in [0, 0.1) is 6.92 Å². The predicted octanol–water partition coefficient (Wildman–Crippen LogP) is 5.04. The fourth-order valence-corrected chi connectivity index (χ4v) is 6.88. The standard InChI is InChI=1S/C28H30ClN5O4S2.ClH/c1-19-7-12-24(38-2)25-26(19)39-28(31-25)34-17-15-33(16-18-34)14-13-30-27(35)22-5-3-4-6-23(22)32-40(36,37)21-10-8-20(29)9-11-21;/h3-12,32H,13-18H2,1-2H3,(H,30,35);1H. The summed E-state index contributed by atoms with van der Waals surface area (Å²) < 4.78 is 34.8. The van der Waals surface area contributed by atoms with E-state index < -0.39 is 10.0 Å². The van der Waals surface area contributed by atoms with Crippen LogP contribution in [-0.2, 0) is 10.0 Å². The molecule has 5 rings (SSSR count). The number of hydrogen-bond donors (Lipinski definition) is 2. The van der Waals surface area contributed by atoms with E-state index in [-0.39, 0.29) is 34.5 Å². The van der Waals surface area contributed by atoms with Crippen LogP contribution >= 0.6 is 35.3 Å². The summed E-state index contributed by atoms with van der Waals surface area (Å²) in [6.45, 7) is 6.58. The van der Waals surface area contributed by atoms with Crippen molar-refractivity contribution in [3.05, 3.63) is 76.8 Å². The van der Waals surface area contributed by atoms with E-state index in [1.165, 1.54) is 29.8 Å². The number of ether oxygens (including phenoxy) is 1. The molecular formula is C28H31Cl2N5O4S2. The van der Waals surface area contributed by atoms with Crippen LogP contribution in [0.4, 0.5) is 10.8 Å². The summed E-state index contributed by atoms with van der Waals surface area (Å²) >= 11 is 7.57. The lowest BCUT2D eigenvalue weighted by molar-refractivity contribution is 0.0948. The van der Waals surface area contributed by atoms with Gasteiger partial charge in [-0.2, -0.15) is 0 Å². The number of aryl methyl sites for hydroxylation is 1. The van der Waals surface area contributed by atoms with Gasteiger partial charge in [0.1, 0.15) is 11.3 Å². The Hall–Kier alpha value is -3.09. The number of amides is 1. The lowest BCUT2D eigenvalue weighted by atomic mass is 10.1. The molecule has 4 aromatic rings. The molecule has 0 aliphatic carbocycles. The van der Waals surface area contributed by atoms with Gasteiger partial charge in [-0.05, 0) is 55.0 Å². The largest absolute Gasteiger partial charge is 0.494 e. The van der Waals surface area contributed by atoms with E-state index in [0.29, 0.717) is 18.1 Å². The first kappa shape index (κ1) is 30.9. The molecule has 3 aromatic carbocycles. The van der Waals surface area contributed by atoms with E-state index in [9.17, 15) is 13.2 Å². The van der Waals surface area contributed by atoms with Crippen LogP contribution in [0.15, 0.2) is 65.6 Å². The van der Waals surface area contributed by atoms with Gasteiger partial charge >= 0.3 is 0 Å². The second-order valence-electron chi connectivity index (χ2n) is 9.45. The number of rotatable bonds is 9. The summed E-state index contributed by atoms with van der Waals surface area (Å²) in [7, 11) is -2.21. The van der Waals surface area contributed by atoms with Crippen molar-refractivity contribution in [3.8, 4) is 5.75 Å². The van der Waals surface area contributed by atoms with Crippen molar-refractivity contribution in [1.29, 1.82) is 0 Å². The normalized spacial score (nSPS) is 14.0. The number of fused-ring (bicyclic) bond motifs is 1. The first-order valence-electron chi connectivity index (χ1n) is 12.8. The minimum atomic E-state index is -3.88. The number of carbonyl (C=O) groups excluding carboxylic acids is 1. The van der Waals surface area contributed by atoms with Crippen molar-refractivity contribution in [2.24, 2.45) is 0 Å². The molecule has 41 heavy (non-hydrogen) atoms. The third-order valence-corrected chi connectivity index (χ3v) is 9.69. The van der Waals surface area contributed by atoms with Gasteiger partial charge in [-0.15, -0.1) is 12.4 Å². The van der Waals surface area contributed by atoms with E-state index in [4.69, 9.17) is 21.3 Å². The Bertz CT molecular complexity index is 1620. The molecule has 1 aromatic heterocycles. The summed E-state index contributed by atoms with van der Waals surface area (Å²) in [5.41, 5.74) is 2.56. The molecule has 0 atom stereocenters. The third-order valence-electron chi connectivity index (χ3n) is 6.81. The van der Waals surface area contributed by atoms with E-state index in [0.717, 1.165) is 47.3 Å². The number of thiazole rings is 1. The van der Waals surface area contributed by atoms with Crippen LogP contribution < -0.4 is 19.7 Å². The van der Waals surface area contributed by atoms with E-state index in [1.54, 1.807) is 42.7 Å². The molecule has 9 nitrogen and oxygen atoms in total. The topological polar surface area (TPSA) is 104 Å². The fourth-order valence-electron chi connectivity index (χ4n) is 4.57. The van der Waals surface area contributed by atoms with Crippen LogP contribution in [0.2, 0.25) is 5.02 Å². The molecule has 0 spiro atoms. The van der Waals surface area contributed by atoms with Crippen LogP contribution in [0.25, 0.3) is 10.2 Å². The number of methoxy groups -OCH3 is 1. The highest BCUT2D eigenvalue weighted by Gasteiger charge is 2.22. The van der Waals surface area contributed by atoms with Gasteiger partial charge < -0.3 is 15.0 Å². The Labute approximate surface area is 254 Å². The minimum absolute atomic E-state index is 0. The number of nitrogens with zero attached hydrogens (tertiary/aromatic N) is 3. The Morgan fingerprint density at radius 1 is 1.05 bits per heavy atom. The van der Waals surface area contributed by atoms with Crippen molar-refractivity contribution in [2.75, 3.05) is 56.0 Å². The van der Waals surface area contributed by atoms with Gasteiger partial charge in [-0.3, -0.25) is 14.4 Å². The van der Waals surface area contributed by atoms with Crippen molar-refractivity contribution in [3.63, 3.8) is 0 Å². The molecule has 218 valence electrons. The zero-order valence-corrected chi connectivity index (χ0v) is 25.8. The van der Waals surface area contributed by atoms with E-state index >= 15 is 0 Å². The molecule has 1 aliphatic rings. The number of anilines is 2. The highest BCUT2D eigenvalue weighted by atomic mass is 35.5. The summed E-state index contributed by atoms with van der Waals surface area (Å²) in [5, 5.41) is 4.36. The van der Waals surface area contributed by atoms with E-state index in [2.05, 4.69) is 32.8 Å². The number of halogens is 2. The van der Waals surface area contributed by atoms with Crippen LogP contribution in [0.5, 0.6) is 5.75 Å². The predicted molar refractivity (Wildman–Crippen MR) is 168 cm³/mol. The number of para-hydroxylation sites is 1. The molecule has 1 fully saturated rings. The van der Waals surface area contributed by atoms with Gasteiger partial charge in [0.15, 0.2) is 5.13 Å². The fraction of sp³-hybridized carbons (Fsp3) is 0.286. The summed E-state index contributed by atoms with van der Waals surface area (Å²) in [5.74, 6) is 0.448. The smallest absolute Gasteiger partial charge is 0.261 e. The quantitative estimate of drug-likeness (QED) is 0.265. The average Bonchev–Trinajstić information content (AvgIpc) is 3.40. The Kier molecular flexibility index (Phi) is 9.98. The molecule has 0 unspecified atom stereocenters. The molecular weight excluding hydrogens is 605 g/mol. The van der Waals surface area contributed by atoms with Gasteiger partial charge in [-0.25, -0.2) is 13.4 Å². The molecule has 1 aliphatic heterocycles. The van der Waals surface area contributed by atoms with Gasteiger partial charge in [-0.1, -0.05) is 41.1 Å². The van der Waals surface area contributed by atoms with Gasteiger partial charge in [0.05, 0.1) is 28.0 Å². The minimum Gasteiger partial charge on any atom is -0.494 e. The summed E-state index contributed by atoms with van der Waals surface area (Å²) in [6, 6.07) is 16.4. The van der Waals surface area contributed by atoms with Crippen molar-refractivity contribution in [2.45, 2.75) is 11.8 Å². The Morgan fingerprint density at radius 3 is 2.46 bits per heavy atom. The highest BCUT2D eigenvalue weighted by Crippen LogP contribution is 2.36. The molecule has 0 saturated carbocycles. The Balaban J connectivity index is 0.00000387.